The van der Waals surface area contributed by atoms with Gasteiger partial charge in [-0.05, 0) is 6.92 Å². The zero-order valence-corrected chi connectivity index (χ0v) is 8.28. The zero-order valence-electron chi connectivity index (χ0n) is 7.47. The first-order valence-corrected chi connectivity index (χ1v) is 4.89. The Bertz CT molecular complexity index is 488. The lowest BCUT2D eigenvalue weighted by Gasteiger charge is -2.05. The quantitative estimate of drug-likeness (QED) is 0.769. The molecule has 2 heterocycles. The molecule has 0 radical (unpaired) electrons. The molecule has 0 aromatic carbocycles. The van der Waals surface area contributed by atoms with Gasteiger partial charge in [0.25, 0.3) is 0 Å². The number of rotatable bonds is 2. The number of imidazole rings is 1. The first-order valence-electron chi connectivity index (χ1n) is 4.01. The van der Waals surface area contributed by atoms with Crippen LogP contribution in [0.4, 0.5) is 0 Å². The van der Waals surface area contributed by atoms with Gasteiger partial charge in [0.05, 0.1) is 11.4 Å². The van der Waals surface area contributed by atoms with Gasteiger partial charge in [-0.15, -0.1) is 11.3 Å². The Kier molecular flexibility index (Phi) is 2.01. The Morgan fingerprint density at radius 2 is 2.50 bits per heavy atom. The van der Waals surface area contributed by atoms with Gasteiger partial charge in [0.2, 0.25) is 0 Å². The molecule has 0 aliphatic rings. The summed E-state index contributed by atoms with van der Waals surface area (Å²) in [6.45, 7) is 1.76. The van der Waals surface area contributed by atoms with Crippen molar-refractivity contribution in [2.24, 2.45) is 5.73 Å². The van der Waals surface area contributed by atoms with Crippen LogP contribution in [0.3, 0.4) is 0 Å². The van der Waals surface area contributed by atoms with Crippen LogP contribution in [-0.4, -0.2) is 20.5 Å². The van der Waals surface area contributed by atoms with E-state index in [4.69, 9.17) is 10.8 Å². The number of hydrogen-bond acceptors (Lipinski definition) is 4. The van der Waals surface area contributed by atoms with Crippen LogP contribution in [0, 0.1) is 6.92 Å². The number of carbonyl (C=O) groups is 1. The van der Waals surface area contributed by atoms with Gasteiger partial charge in [-0.25, -0.2) is 4.98 Å². The predicted octanol–water partition coefficient (Wildman–Crippen LogP) is 0.789. The summed E-state index contributed by atoms with van der Waals surface area (Å²) in [5, 5.41) is 10.7. The number of nitrogens with zero attached hydrogens (tertiary/aromatic N) is 2. The van der Waals surface area contributed by atoms with Crippen molar-refractivity contribution in [3.05, 3.63) is 23.0 Å². The van der Waals surface area contributed by atoms with Gasteiger partial charge >= 0.3 is 5.97 Å². The maximum Gasteiger partial charge on any atom is 0.326 e. The topological polar surface area (TPSA) is 80.6 Å². The van der Waals surface area contributed by atoms with Crippen molar-refractivity contribution in [1.29, 1.82) is 0 Å². The summed E-state index contributed by atoms with van der Waals surface area (Å²) >= 11 is 1.45. The lowest BCUT2D eigenvalue weighted by molar-refractivity contribution is -0.138. The van der Waals surface area contributed by atoms with Crippen molar-refractivity contribution < 1.29 is 9.90 Å². The number of aromatic nitrogens is 2. The number of nitrogens with two attached hydrogens (primary N) is 1. The average molecular weight is 211 g/mol. The predicted molar refractivity (Wildman–Crippen MR) is 52.4 cm³/mol. The summed E-state index contributed by atoms with van der Waals surface area (Å²) in [5.74, 6) is -1.04. The van der Waals surface area contributed by atoms with Crippen LogP contribution in [0.2, 0.25) is 0 Å². The van der Waals surface area contributed by atoms with E-state index in [-0.39, 0.29) is 0 Å². The largest absolute Gasteiger partial charge is 0.480 e. The van der Waals surface area contributed by atoms with E-state index in [1.165, 1.54) is 11.3 Å². The highest BCUT2D eigenvalue weighted by atomic mass is 32.1. The maximum absolute atomic E-state index is 10.8. The van der Waals surface area contributed by atoms with E-state index in [0.29, 0.717) is 11.4 Å². The summed E-state index contributed by atoms with van der Waals surface area (Å²) in [6.07, 6.45) is 1.78. The van der Waals surface area contributed by atoms with Crippen molar-refractivity contribution in [3.63, 3.8) is 0 Å². The lowest BCUT2D eigenvalue weighted by Crippen LogP contribution is -2.22. The SMILES string of the molecule is Cc1nc2sccn2c1C(N)C(=O)O. The van der Waals surface area contributed by atoms with Crippen molar-refractivity contribution in [2.75, 3.05) is 0 Å². The minimum atomic E-state index is -1.04. The fourth-order valence-corrected chi connectivity index (χ4v) is 2.17. The van der Waals surface area contributed by atoms with Crippen LogP contribution in [0.25, 0.3) is 4.96 Å². The molecule has 5 nitrogen and oxygen atoms in total. The number of carboxylic acids is 1. The molecular formula is C8H9N3O2S. The maximum atomic E-state index is 10.8. The van der Waals surface area contributed by atoms with E-state index in [1.807, 2.05) is 5.38 Å². The van der Waals surface area contributed by atoms with E-state index in [1.54, 1.807) is 17.5 Å². The fourth-order valence-electron chi connectivity index (χ4n) is 1.40. The Morgan fingerprint density at radius 3 is 3.14 bits per heavy atom. The number of aryl methyl sites for hydroxylation is 1. The molecule has 0 saturated carbocycles. The second kappa shape index (κ2) is 3.07. The standard InChI is InChI=1S/C8H9N3O2S/c1-4-6(5(9)7(12)13)11-2-3-14-8(11)10-4/h2-3,5H,9H2,1H3,(H,12,13). The molecule has 3 N–H and O–H groups in total. The molecule has 74 valence electrons. The molecule has 0 spiro atoms. The van der Waals surface area contributed by atoms with Gasteiger partial charge in [0.1, 0.15) is 6.04 Å². The van der Waals surface area contributed by atoms with Gasteiger partial charge in [-0.1, -0.05) is 0 Å². The van der Waals surface area contributed by atoms with E-state index >= 15 is 0 Å². The van der Waals surface area contributed by atoms with E-state index in [9.17, 15) is 4.79 Å². The number of aliphatic carboxylic acids is 1. The van der Waals surface area contributed by atoms with Gasteiger partial charge < -0.3 is 10.8 Å². The molecule has 0 saturated heterocycles. The minimum Gasteiger partial charge on any atom is -0.480 e. The third-order valence-electron chi connectivity index (χ3n) is 2.04. The van der Waals surface area contributed by atoms with Gasteiger partial charge in [-0.2, -0.15) is 0 Å². The second-order valence-electron chi connectivity index (χ2n) is 2.95. The Balaban J connectivity index is 2.64. The Labute approximate surface area is 83.8 Å². The molecule has 0 amide bonds. The molecular weight excluding hydrogens is 202 g/mol. The monoisotopic (exact) mass is 211 g/mol. The first-order chi connectivity index (χ1) is 6.61. The van der Waals surface area contributed by atoms with Crippen molar-refractivity contribution >= 4 is 22.3 Å². The average Bonchev–Trinajstić information content (AvgIpc) is 2.62. The molecule has 6 heteroatoms. The molecule has 0 bridgehead atoms. The molecule has 1 atom stereocenters. The number of hydrogen-bond donors (Lipinski definition) is 2. The fraction of sp³-hybridized carbons (Fsp3) is 0.250. The molecule has 0 aliphatic heterocycles. The van der Waals surface area contributed by atoms with Crippen molar-refractivity contribution in [1.82, 2.24) is 9.38 Å². The smallest absolute Gasteiger partial charge is 0.326 e. The summed E-state index contributed by atoms with van der Waals surface area (Å²) < 4.78 is 1.72. The molecule has 1 unspecified atom stereocenters. The van der Waals surface area contributed by atoms with E-state index in [0.717, 1.165) is 4.96 Å². The van der Waals surface area contributed by atoms with Crippen LogP contribution in [0.15, 0.2) is 11.6 Å². The highest BCUT2D eigenvalue weighted by Crippen LogP contribution is 2.21. The zero-order chi connectivity index (χ0) is 10.3. The van der Waals surface area contributed by atoms with Crippen LogP contribution < -0.4 is 5.73 Å². The molecule has 2 rings (SSSR count). The summed E-state index contributed by atoms with van der Waals surface area (Å²) in [5.41, 5.74) is 6.78. The molecule has 2 aromatic heterocycles. The number of carboxylic acid groups (broad SMARTS) is 1. The van der Waals surface area contributed by atoms with E-state index in [2.05, 4.69) is 4.98 Å². The summed E-state index contributed by atoms with van der Waals surface area (Å²) in [6, 6.07) is -1.01. The third-order valence-corrected chi connectivity index (χ3v) is 2.80. The van der Waals surface area contributed by atoms with Crippen molar-refractivity contribution in [3.8, 4) is 0 Å². The highest BCUT2D eigenvalue weighted by molar-refractivity contribution is 7.15. The van der Waals surface area contributed by atoms with E-state index < -0.39 is 12.0 Å². The Morgan fingerprint density at radius 1 is 1.79 bits per heavy atom. The van der Waals surface area contributed by atoms with Crippen LogP contribution in [-0.2, 0) is 4.79 Å². The van der Waals surface area contributed by atoms with Crippen LogP contribution in [0.5, 0.6) is 0 Å². The van der Waals surface area contributed by atoms with Crippen LogP contribution >= 0.6 is 11.3 Å². The highest BCUT2D eigenvalue weighted by Gasteiger charge is 2.22. The summed E-state index contributed by atoms with van der Waals surface area (Å²) in [7, 11) is 0. The normalized spacial score (nSPS) is 13.3. The molecule has 14 heavy (non-hydrogen) atoms. The first kappa shape index (κ1) is 9.17. The molecule has 0 aliphatic carbocycles. The Hall–Kier alpha value is -1.40. The van der Waals surface area contributed by atoms with Gasteiger partial charge in [0.15, 0.2) is 4.96 Å². The second-order valence-corrected chi connectivity index (χ2v) is 3.83. The third kappa shape index (κ3) is 1.19. The number of thiazole rings is 1. The lowest BCUT2D eigenvalue weighted by atomic mass is 10.2. The molecule has 2 aromatic rings. The minimum absolute atomic E-state index is 0.550. The van der Waals surface area contributed by atoms with Crippen LogP contribution in [0.1, 0.15) is 17.4 Å². The number of fused-ring (bicyclic) bond motifs is 1. The van der Waals surface area contributed by atoms with Gasteiger partial charge in [-0.3, -0.25) is 9.20 Å². The van der Waals surface area contributed by atoms with Crippen molar-refractivity contribution in [2.45, 2.75) is 13.0 Å². The summed E-state index contributed by atoms with van der Waals surface area (Å²) in [4.78, 5) is 15.7. The van der Waals surface area contributed by atoms with Gasteiger partial charge in [0, 0.05) is 11.6 Å². The molecule has 0 fully saturated rings.